The minimum absolute atomic E-state index is 0.0579. The fourth-order valence-electron chi connectivity index (χ4n) is 16.7. The number of terminal acetylenes is 8. The third-order valence-electron chi connectivity index (χ3n) is 22.9. The maximum atomic E-state index is 9.87. The second-order valence-electron chi connectivity index (χ2n) is 32.8. The Hall–Kier alpha value is -17.8. The number of nitriles is 4. The molecule has 0 saturated carbocycles. The van der Waals surface area contributed by atoms with Gasteiger partial charge < -0.3 is 56.8 Å². The van der Waals surface area contributed by atoms with Crippen LogP contribution in [0.3, 0.4) is 0 Å². The molecule has 1 spiro atoms. The van der Waals surface area contributed by atoms with Crippen molar-refractivity contribution < 1.29 is 66.0 Å². The Morgan fingerprint density at radius 2 is 0.539 bits per heavy atom. The largest absolute Gasteiger partial charge is 0.453 e. The molecule has 0 bridgehead atoms. The Balaban J connectivity index is 0.000000153. The highest BCUT2D eigenvalue weighted by atomic mass is 16.5. The molecule has 34 heteroatoms. The van der Waals surface area contributed by atoms with E-state index in [2.05, 4.69) is 87.8 Å². The van der Waals surface area contributed by atoms with Gasteiger partial charge in [0, 0.05) is 56.6 Å². The molecule has 12 aromatic rings. The van der Waals surface area contributed by atoms with E-state index in [0.717, 1.165) is 67.8 Å². The van der Waals surface area contributed by atoms with Crippen LogP contribution in [-0.2, 0) is 96.7 Å². The number of fused-ring (bicyclic) bond motifs is 12. The van der Waals surface area contributed by atoms with E-state index in [1.165, 1.54) is 12.1 Å². The summed E-state index contributed by atoms with van der Waals surface area (Å²) in [5, 5.41) is 39.3. The quantitative estimate of drug-likeness (QED) is 0.0215. The van der Waals surface area contributed by atoms with E-state index in [0.29, 0.717) is 158 Å². The van der Waals surface area contributed by atoms with E-state index in [4.69, 9.17) is 168 Å². The summed E-state index contributed by atoms with van der Waals surface area (Å²) >= 11 is 0. The molecule has 0 fully saturated rings. The topological polar surface area (TPSA) is 400 Å². The van der Waals surface area contributed by atoms with Crippen molar-refractivity contribution in [2.24, 2.45) is 20.0 Å². The number of ether oxygens (including phenoxy) is 12. The molecule has 0 amide bonds. The highest BCUT2D eigenvalue weighted by molar-refractivity contribution is 6.18. The van der Waals surface area contributed by atoms with E-state index in [9.17, 15) is 21.0 Å². The van der Waals surface area contributed by atoms with Gasteiger partial charge in [-0.15, -0.1) is 60.5 Å². The number of rotatable bonds is 32. The molecule has 0 saturated heterocycles. The third kappa shape index (κ3) is 18.3. The Morgan fingerprint density at radius 3 is 0.794 bits per heavy atom. The van der Waals surface area contributed by atoms with Crippen LogP contribution in [-0.4, -0.2) is 144 Å². The van der Waals surface area contributed by atoms with E-state index in [1.54, 1.807) is 0 Å². The smallest absolute Gasteiger partial charge is 0.405 e. The Morgan fingerprint density at radius 1 is 0.291 bits per heavy atom. The summed E-state index contributed by atoms with van der Waals surface area (Å²) in [7, 11) is 0. The number of nitrogens with zero attached hydrogens (tertiary/aromatic N) is 22. The lowest BCUT2D eigenvalue weighted by Gasteiger charge is -2.39. The second kappa shape index (κ2) is 41.4. The molecule has 13 heterocycles. The fourth-order valence-corrected chi connectivity index (χ4v) is 16.7. The first-order chi connectivity index (χ1) is 68.3. The first-order valence-corrected chi connectivity index (χ1v) is 43.8. The summed E-state index contributed by atoms with van der Waals surface area (Å²) in [5.74, 6) is 23.1. The first kappa shape index (κ1) is 96.3. The average molecular weight is 1870 g/mol. The van der Waals surface area contributed by atoms with E-state index >= 15 is 0 Å². The van der Waals surface area contributed by atoms with Crippen molar-refractivity contribution in [2.45, 2.75) is 142 Å². The van der Waals surface area contributed by atoms with Gasteiger partial charge in [0.2, 0.25) is 22.6 Å². The van der Waals surface area contributed by atoms with Crippen LogP contribution in [0, 0.1) is 227 Å². The van der Waals surface area contributed by atoms with Gasteiger partial charge in [-0.05, 0) is 83.1 Å². The molecule has 694 valence electrons. The average Bonchev–Trinajstić information content (AvgIpc) is 1.46. The molecule has 5 aromatic carbocycles. The second-order valence-corrected chi connectivity index (χ2v) is 32.8. The standard InChI is InChI=1S/C38H32N2O6.C36H30N4O6.C33H24N16/c1-7-11-41-23-31-15-27(5)16-32(24-42-12-8-2)37(31)45-35-19-29(21-39)30(22-40)20-36(35)46-38-33(25-43-13-9-3)17-28(6)18-34(38)26-44-14-10-4;1-7-11-41-21-27-15-25(5)16-28(22-42-12-8-2)33(27)45-35-36(40-32(20-38)31(19-37)39-35)46-34-29(23-43-13-9-3)17-26(6)18-30(34)24-44-14-10-4;1-9-10(2)35-18-17(34-9)25-42-27-19-20(37-12(4)11(3)36-19)29-44-31-23-24(41-16(8)15(7)40-23)32-45-30-22-21(38-13(5)14(6)39-22)28-43-26(18)46(25)33(47(27)29,48(28)30)49(31)32/h1-4,15-20H,11-14,23-26H2,5-6H3;1-4,15-18H,11-14,21-24H2,5-6H3;1-8H3/q;;+2. The minimum Gasteiger partial charge on any atom is -0.453 e. The summed E-state index contributed by atoms with van der Waals surface area (Å²) in [4.78, 5) is 70.7. The van der Waals surface area contributed by atoms with Crippen molar-refractivity contribution in [2.75, 3.05) is 52.9 Å². The summed E-state index contributed by atoms with van der Waals surface area (Å²) in [6.07, 6.45) is 43.1. The van der Waals surface area contributed by atoms with Crippen molar-refractivity contribution in [1.29, 1.82) is 21.0 Å². The predicted molar refractivity (Wildman–Crippen MR) is 514 cm³/mol. The molecule has 7 aromatic heterocycles. The molecule has 6 aliphatic heterocycles. The van der Waals surface area contributed by atoms with Gasteiger partial charge in [0.1, 0.15) is 100 Å². The van der Waals surface area contributed by atoms with Crippen LogP contribution < -0.4 is 29.9 Å². The zero-order chi connectivity index (χ0) is 99.8. The van der Waals surface area contributed by atoms with Gasteiger partial charge in [0.15, 0.2) is 67.7 Å². The lowest BCUT2D eigenvalue weighted by Crippen LogP contribution is -2.71. The van der Waals surface area contributed by atoms with Crippen LogP contribution >= 0.6 is 0 Å². The van der Waals surface area contributed by atoms with Gasteiger partial charge in [-0.1, -0.05) is 138 Å². The van der Waals surface area contributed by atoms with E-state index < -0.39 is 5.91 Å². The maximum Gasteiger partial charge on any atom is 0.405 e. The Labute approximate surface area is 811 Å². The van der Waals surface area contributed by atoms with Crippen molar-refractivity contribution in [3.8, 4) is 169 Å². The third-order valence-corrected chi connectivity index (χ3v) is 22.9. The number of aliphatic imine (C=N–C) groups is 2. The summed E-state index contributed by atoms with van der Waals surface area (Å²) < 4.78 is 79.3. The van der Waals surface area contributed by atoms with Crippen LogP contribution in [0.1, 0.15) is 158 Å². The number of hydrogen-bond acceptors (Lipinski definition) is 30. The van der Waals surface area contributed by atoms with Gasteiger partial charge in [0.25, 0.3) is 35.1 Å². The lowest BCUT2D eigenvalue weighted by atomic mass is 10.0. The fraction of sp³-hybridized carbons (Fsp3) is 0.271. The van der Waals surface area contributed by atoms with E-state index in [1.807, 2.05) is 144 Å². The molecule has 141 heavy (non-hydrogen) atoms. The SMILES string of the molecule is C#CCOCc1cc(C)cc(COCC#C)c1Oc1cc(C#N)c(C#N)cc1Oc1c(COCC#C)cc(C)cc1COCC#C.C#CCOCc1cc(C)cc(COCC#C)c1Oc1nc(C#N)c(C#N)nc1Oc1c(COCC#C)cc(C)cc1COCC#C.Cc1nc2c(nc1C)C1=[N+]3C2=Nc2c4nc(C)c(C)nc4c4n2C32n3c(c5nc(C)c(C)nc5c3=NC3=[N+]2C(=N4)c2nc(C)c(C)nc23)=N1. The molecule has 0 atom stereocenters. The van der Waals surface area contributed by atoms with Crippen LogP contribution in [0.4, 0.5) is 11.6 Å². The van der Waals surface area contributed by atoms with Gasteiger partial charge in [-0.25, -0.2) is 39.9 Å². The van der Waals surface area contributed by atoms with Crippen LogP contribution in [0.25, 0.3) is 22.1 Å². The molecule has 0 N–H and O–H groups in total. The lowest BCUT2D eigenvalue weighted by molar-refractivity contribution is -0.790. The Bertz CT molecular complexity index is 7280. The number of amidine groups is 4. The molecule has 0 radical (unpaired) electrons. The van der Waals surface area contributed by atoms with Crippen LogP contribution in [0.5, 0.6) is 46.3 Å². The van der Waals surface area contributed by atoms with Crippen LogP contribution in [0.2, 0.25) is 0 Å². The zero-order valence-electron chi connectivity index (χ0n) is 78.9. The minimum atomic E-state index is -1.29. The predicted octanol–water partition coefficient (Wildman–Crippen LogP) is 12.6. The Kier molecular flexibility index (Phi) is 28.3. The number of benzene rings is 5. The van der Waals surface area contributed by atoms with Crippen molar-refractivity contribution in [1.82, 2.24) is 59.0 Å². The normalized spacial score (nSPS) is 12.6. The number of aromatic nitrogens is 12. The molecule has 6 aliphatic rings. The molecule has 18 rings (SSSR count). The van der Waals surface area contributed by atoms with Gasteiger partial charge in [0.05, 0.1) is 110 Å². The summed E-state index contributed by atoms with van der Waals surface area (Å²) in [6.45, 7) is 24.8. The van der Waals surface area contributed by atoms with Gasteiger partial charge in [-0.3, -0.25) is 0 Å². The summed E-state index contributed by atoms with van der Waals surface area (Å²) in [6, 6.07) is 25.7. The van der Waals surface area contributed by atoms with Crippen molar-refractivity contribution in [3.63, 3.8) is 0 Å². The highest BCUT2D eigenvalue weighted by Crippen LogP contribution is 2.53. The molecular weight excluding hydrogens is 1790 g/mol. The molecule has 0 aliphatic carbocycles. The van der Waals surface area contributed by atoms with Gasteiger partial charge in [-0.2, -0.15) is 40.1 Å². The maximum absolute atomic E-state index is 9.87. The highest BCUT2D eigenvalue weighted by Gasteiger charge is 2.71. The molecule has 34 nitrogen and oxygen atoms in total. The van der Waals surface area contributed by atoms with Crippen molar-refractivity contribution in [3.05, 3.63) is 229 Å². The van der Waals surface area contributed by atoms with Crippen LogP contribution in [0.15, 0.2) is 80.6 Å². The van der Waals surface area contributed by atoms with Crippen molar-refractivity contribution >= 4 is 57.0 Å². The number of aryl methyl sites for hydroxylation is 12. The molecule has 0 unspecified atom stereocenters. The number of hydrogen-bond donors (Lipinski definition) is 0. The van der Waals surface area contributed by atoms with Gasteiger partial charge >= 0.3 is 5.91 Å². The first-order valence-electron chi connectivity index (χ1n) is 43.8. The zero-order valence-corrected chi connectivity index (χ0v) is 78.9. The monoisotopic (exact) mass is 1870 g/mol. The summed E-state index contributed by atoms with van der Waals surface area (Å²) in [5.41, 5.74) is 21.1. The molecular formula is C107H86N22O12+2. The van der Waals surface area contributed by atoms with E-state index in [-0.39, 0.29) is 151 Å².